The van der Waals surface area contributed by atoms with E-state index >= 15 is 0 Å². The zero-order valence-electron chi connectivity index (χ0n) is 20.7. The molecule has 0 unspecified atom stereocenters. The zero-order valence-corrected chi connectivity index (χ0v) is 22.3. The van der Waals surface area contributed by atoms with Gasteiger partial charge in [0.1, 0.15) is 0 Å². The van der Waals surface area contributed by atoms with Crippen molar-refractivity contribution in [1.29, 1.82) is 0 Å². The van der Waals surface area contributed by atoms with E-state index in [4.69, 9.17) is 17.3 Å². The first-order chi connectivity index (χ1) is 18.0. The third-order valence-electron chi connectivity index (χ3n) is 6.30. The van der Waals surface area contributed by atoms with E-state index in [0.717, 1.165) is 19.1 Å². The van der Waals surface area contributed by atoms with Gasteiger partial charge in [-0.2, -0.15) is 0 Å². The number of fused-ring (bicyclic) bond motifs is 1. The van der Waals surface area contributed by atoms with Gasteiger partial charge in [0.25, 0.3) is 11.5 Å². The number of hydrogen-bond donors (Lipinski definition) is 2. The minimum Gasteiger partial charge on any atom is -0.382 e. The van der Waals surface area contributed by atoms with Crippen LogP contribution in [0.5, 0.6) is 0 Å². The summed E-state index contributed by atoms with van der Waals surface area (Å²) in [6.45, 7) is 1.79. The fourth-order valence-corrected chi connectivity index (χ4v) is 5.48. The lowest BCUT2D eigenvalue weighted by Gasteiger charge is -2.21. The van der Waals surface area contributed by atoms with Crippen LogP contribution in [0.3, 0.4) is 0 Å². The number of sulfone groups is 1. The first-order valence-electron chi connectivity index (χ1n) is 11.9. The van der Waals surface area contributed by atoms with E-state index in [1.54, 1.807) is 29.7 Å². The Balaban J connectivity index is 1.47. The molecule has 1 fully saturated rings. The Labute approximate surface area is 223 Å². The Bertz CT molecular complexity index is 1750. The molecule has 3 heterocycles. The molecular formula is C26H25ClN6O4S. The summed E-state index contributed by atoms with van der Waals surface area (Å²) < 4.78 is 25.1. The lowest BCUT2D eigenvalue weighted by Crippen LogP contribution is -2.33. The summed E-state index contributed by atoms with van der Waals surface area (Å²) >= 11 is 6.33. The van der Waals surface area contributed by atoms with Crippen LogP contribution >= 0.6 is 11.6 Å². The maximum Gasteiger partial charge on any atom is 0.274 e. The van der Waals surface area contributed by atoms with Crippen molar-refractivity contribution in [1.82, 2.24) is 24.8 Å². The Kier molecular flexibility index (Phi) is 6.66. The second kappa shape index (κ2) is 9.80. The van der Waals surface area contributed by atoms with Crippen LogP contribution in [0, 0.1) is 0 Å². The largest absolute Gasteiger partial charge is 0.382 e. The van der Waals surface area contributed by atoms with Crippen molar-refractivity contribution in [2.24, 2.45) is 0 Å². The summed E-state index contributed by atoms with van der Waals surface area (Å²) in [4.78, 5) is 39.3. The Hall–Kier alpha value is -3.83. The number of nitrogens with one attached hydrogen (secondary N) is 1. The molecule has 196 valence electrons. The lowest BCUT2D eigenvalue weighted by atomic mass is 10.1. The summed E-state index contributed by atoms with van der Waals surface area (Å²) in [5, 5.41) is 4.43. The summed E-state index contributed by atoms with van der Waals surface area (Å²) in [6, 6.07) is 8.29. The number of nitrogens with zero attached hydrogens (tertiary/aromatic N) is 4. The third-order valence-corrected chi connectivity index (χ3v) is 7.47. The van der Waals surface area contributed by atoms with Gasteiger partial charge in [-0.25, -0.2) is 18.4 Å². The predicted octanol–water partition coefficient (Wildman–Crippen LogP) is 3.46. The van der Waals surface area contributed by atoms with E-state index in [9.17, 15) is 18.0 Å². The van der Waals surface area contributed by atoms with Crippen molar-refractivity contribution in [3.63, 3.8) is 0 Å². The van der Waals surface area contributed by atoms with Crippen molar-refractivity contribution in [3.8, 4) is 11.3 Å². The number of rotatable bonds is 7. The fraction of sp³-hybridized carbons (Fsp3) is 0.269. The van der Waals surface area contributed by atoms with Crippen LogP contribution in [0.15, 0.2) is 53.7 Å². The minimum atomic E-state index is -3.26. The molecule has 38 heavy (non-hydrogen) atoms. The fourth-order valence-electron chi connectivity index (χ4n) is 4.45. The van der Waals surface area contributed by atoms with Gasteiger partial charge in [0.05, 0.1) is 34.1 Å². The Morgan fingerprint density at radius 1 is 1.24 bits per heavy atom. The van der Waals surface area contributed by atoms with Crippen LogP contribution in [-0.2, 0) is 15.6 Å². The molecule has 5 rings (SSSR count). The summed E-state index contributed by atoms with van der Waals surface area (Å²) in [6.07, 6.45) is 7.24. The summed E-state index contributed by atoms with van der Waals surface area (Å²) in [5.74, 6) is -0.810. The number of aromatic nitrogens is 4. The molecule has 12 heteroatoms. The maximum absolute atomic E-state index is 13.4. The van der Waals surface area contributed by atoms with Gasteiger partial charge in [-0.1, -0.05) is 23.7 Å². The minimum absolute atomic E-state index is 0.0532. The quantitative estimate of drug-likeness (QED) is 0.354. The topological polar surface area (TPSA) is 150 Å². The van der Waals surface area contributed by atoms with Gasteiger partial charge < -0.3 is 15.6 Å². The zero-order chi connectivity index (χ0) is 27.2. The standard InChI is InChI=1S/C26H25ClN6O4S/c1-14(21-9-16-4-3-5-19(27)22(16)26(35)33(21)18-6-7-18)31-25(34)23-24(28)30-12-20(32-23)17-8-15(10-29-11-17)13-38(2,36)37/h3-5,8-12,14,18H,6-7,13H2,1-2H3,(H2,28,30)(H,31,34)/t14-/m0/s1. The number of nitrogen functional groups attached to an aromatic ring is 1. The van der Waals surface area contributed by atoms with Crippen molar-refractivity contribution < 1.29 is 13.2 Å². The molecule has 0 bridgehead atoms. The first kappa shape index (κ1) is 25.8. The summed E-state index contributed by atoms with van der Waals surface area (Å²) in [5.41, 5.74) is 7.67. The van der Waals surface area contributed by atoms with Gasteiger partial charge in [-0.15, -0.1) is 0 Å². The number of benzene rings is 1. The van der Waals surface area contributed by atoms with Gasteiger partial charge in [-0.3, -0.25) is 14.6 Å². The number of amides is 1. The average molecular weight is 553 g/mol. The molecule has 1 aromatic carbocycles. The Morgan fingerprint density at radius 3 is 2.71 bits per heavy atom. The van der Waals surface area contributed by atoms with E-state index in [-0.39, 0.29) is 28.9 Å². The molecule has 4 aromatic rings. The SMILES string of the molecule is C[C@H](NC(=O)c1nc(-c2cncc(CS(C)(=O)=O)c2)cnc1N)c1cc2cccc(Cl)c2c(=O)n1C1CC1. The highest BCUT2D eigenvalue weighted by Crippen LogP contribution is 2.37. The molecule has 1 atom stereocenters. The molecule has 0 saturated heterocycles. The van der Waals surface area contributed by atoms with Gasteiger partial charge in [0, 0.05) is 35.9 Å². The molecule has 1 saturated carbocycles. The van der Waals surface area contributed by atoms with Crippen LogP contribution in [0.2, 0.25) is 5.02 Å². The van der Waals surface area contributed by atoms with Gasteiger partial charge in [0.15, 0.2) is 21.3 Å². The third kappa shape index (κ3) is 5.25. The average Bonchev–Trinajstić information content (AvgIpc) is 3.68. The Morgan fingerprint density at radius 2 is 2.00 bits per heavy atom. The van der Waals surface area contributed by atoms with E-state index < -0.39 is 21.8 Å². The molecule has 1 amide bonds. The number of halogens is 1. The van der Waals surface area contributed by atoms with Gasteiger partial charge >= 0.3 is 0 Å². The van der Waals surface area contributed by atoms with Crippen molar-refractivity contribution in [2.75, 3.05) is 12.0 Å². The van der Waals surface area contributed by atoms with Crippen molar-refractivity contribution in [3.05, 3.63) is 81.3 Å². The smallest absolute Gasteiger partial charge is 0.274 e. The van der Waals surface area contributed by atoms with Gasteiger partial charge in [0.2, 0.25) is 0 Å². The maximum atomic E-state index is 13.4. The first-order valence-corrected chi connectivity index (χ1v) is 14.3. The molecule has 0 spiro atoms. The van der Waals surface area contributed by atoms with Crippen LogP contribution < -0.4 is 16.6 Å². The molecule has 3 aromatic heterocycles. The molecule has 0 aliphatic heterocycles. The van der Waals surface area contributed by atoms with Crippen molar-refractivity contribution in [2.45, 2.75) is 37.6 Å². The van der Waals surface area contributed by atoms with E-state index in [1.165, 1.54) is 18.6 Å². The lowest BCUT2D eigenvalue weighted by molar-refractivity contribution is 0.0934. The van der Waals surface area contributed by atoms with Crippen LogP contribution in [0.25, 0.3) is 22.0 Å². The normalized spacial score (nSPS) is 14.4. The number of nitrogens with two attached hydrogens (primary N) is 1. The number of anilines is 1. The number of carbonyl (C=O) groups is 1. The molecule has 3 N–H and O–H groups in total. The summed E-state index contributed by atoms with van der Waals surface area (Å²) in [7, 11) is -3.26. The molecular weight excluding hydrogens is 528 g/mol. The second-order valence-corrected chi connectivity index (χ2v) is 12.1. The molecule has 10 nitrogen and oxygen atoms in total. The van der Waals surface area contributed by atoms with Crippen LogP contribution in [0.1, 0.15) is 53.6 Å². The van der Waals surface area contributed by atoms with E-state index in [2.05, 4.69) is 20.3 Å². The second-order valence-electron chi connectivity index (χ2n) is 9.52. The molecule has 1 aliphatic rings. The van der Waals surface area contributed by atoms with E-state index in [1.807, 2.05) is 12.1 Å². The monoisotopic (exact) mass is 552 g/mol. The number of hydrogen-bond acceptors (Lipinski definition) is 8. The number of pyridine rings is 2. The van der Waals surface area contributed by atoms with Crippen LogP contribution in [0.4, 0.5) is 5.82 Å². The molecule has 1 aliphatic carbocycles. The van der Waals surface area contributed by atoms with Gasteiger partial charge in [-0.05, 0) is 48.9 Å². The highest BCUT2D eigenvalue weighted by Gasteiger charge is 2.30. The van der Waals surface area contributed by atoms with Crippen molar-refractivity contribution >= 4 is 43.9 Å². The van der Waals surface area contributed by atoms with Crippen LogP contribution in [-0.4, -0.2) is 40.1 Å². The molecule has 0 radical (unpaired) electrons. The highest BCUT2D eigenvalue weighted by atomic mass is 35.5. The predicted molar refractivity (Wildman–Crippen MR) is 146 cm³/mol. The highest BCUT2D eigenvalue weighted by molar-refractivity contribution is 7.89. The van der Waals surface area contributed by atoms with E-state index in [0.29, 0.717) is 38.3 Å². The number of carbonyl (C=O) groups excluding carboxylic acids is 1.